The molecule has 2 atom stereocenters. The largest absolute Gasteiger partial charge is 0.372 e. The number of morpholine rings is 1. The summed E-state index contributed by atoms with van der Waals surface area (Å²) in [6.07, 6.45) is 1.67. The van der Waals surface area contributed by atoms with E-state index in [0.29, 0.717) is 26.1 Å². The van der Waals surface area contributed by atoms with Crippen LogP contribution >= 0.6 is 0 Å². The highest BCUT2D eigenvalue weighted by molar-refractivity contribution is 5.87. The van der Waals surface area contributed by atoms with E-state index in [0.717, 1.165) is 0 Å². The third-order valence-electron chi connectivity index (χ3n) is 2.60. The van der Waals surface area contributed by atoms with Crippen molar-refractivity contribution < 1.29 is 14.3 Å². The molecule has 1 heterocycles. The molecule has 1 N–H and O–H groups in total. The number of carbonyl (C=O) groups excluding carboxylic acids is 2. The van der Waals surface area contributed by atoms with Gasteiger partial charge in [-0.05, 0) is 19.9 Å². The molecule has 5 heteroatoms. The summed E-state index contributed by atoms with van der Waals surface area (Å²) in [6.45, 7) is 8.85. The van der Waals surface area contributed by atoms with Crippen molar-refractivity contribution in [3.8, 4) is 0 Å². The molecule has 1 aliphatic heterocycles. The van der Waals surface area contributed by atoms with Gasteiger partial charge in [0.25, 0.3) is 0 Å². The standard InChI is InChI=1S/C12H20N2O3/c1-4-11(15)13-6-5-12(16)14-7-9(2)17-10(3)8-14/h4,9-10H,1,5-8H2,2-3H3,(H,13,15). The zero-order chi connectivity index (χ0) is 12.8. The molecule has 1 rings (SSSR count). The molecule has 2 unspecified atom stereocenters. The van der Waals surface area contributed by atoms with Crippen LogP contribution in [0.15, 0.2) is 12.7 Å². The molecule has 1 saturated heterocycles. The number of hydrogen-bond donors (Lipinski definition) is 1. The molecular weight excluding hydrogens is 220 g/mol. The van der Waals surface area contributed by atoms with E-state index in [4.69, 9.17) is 4.74 Å². The van der Waals surface area contributed by atoms with Crippen LogP contribution in [0.3, 0.4) is 0 Å². The van der Waals surface area contributed by atoms with Crippen molar-refractivity contribution in [1.82, 2.24) is 10.2 Å². The van der Waals surface area contributed by atoms with E-state index in [-0.39, 0.29) is 24.0 Å². The molecule has 0 spiro atoms. The molecule has 17 heavy (non-hydrogen) atoms. The summed E-state index contributed by atoms with van der Waals surface area (Å²) in [7, 11) is 0. The van der Waals surface area contributed by atoms with E-state index in [9.17, 15) is 9.59 Å². The summed E-state index contributed by atoms with van der Waals surface area (Å²) in [4.78, 5) is 24.5. The monoisotopic (exact) mass is 240 g/mol. The van der Waals surface area contributed by atoms with Gasteiger partial charge < -0.3 is 15.0 Å². The Balaban J connectivity index is 2.31. The average molecular weight is 240 g/mol. The number of nitrogens with one attached hydrogen (secondary N) is 1. The van der Waals surface area contributed by atoms with Crippen molar-refractivity contribution in [3.63, 3.8) is 0 Å². The number of carbonyl (C=O) groups is 2. The zero-order valence-electron chi connectivity index (χ0n) is 10.4. The number of hydrogen-bond acceptors (Lipinski definition) is 3. The first-order valence-electron chi connectivity index (χ1n) is 5.86. The second-order valence-corrected chi connectivity index (χ2v) is 4.30. The Hall–Kier alpha value is -1.36. The Morgan fingerprint density at radius 1 is 1.41 bits per heavy atom. The third kappa shape index (κ3) is 4.56. The average Bonchev–Trinajstić information content (AvgIpc) is 2.27. The lowest BCUT2D eigenvalue weighted by Crippen LogP contribution is -2.48. The van der Waals surface area contributed by atoms with Gasteiger partial charge in [0.2, 0.25) is 11.8 Å². The van der Waals surface area contributed by atoms with Gasteiger partial charge in [0.15, 0.2) is 0 Å². The highest BCUT2D eigenvalue weighted by Crippen LogP contribution is 2.11. The minimum absolute atomic E-state index is 0.0522. The highest BCUT2D eigenvalue weighted by atomic mass is 16.5. The van der Waals surface area contributed by atoms with Gasteiger partial charge in [-0.2, -0.15) is 0 Å². The summed E-state index contributed by atoms with van der Waals surface area (Å²) in [5, 5.41) is 2.59. The van der Waals surface area contributed by atoms with Crippen LogP contribution in [0, 0.1) is 0 Å². The van der Waals surface area contributed by atoms with E-state index < -0.39 is 0 Å². The molecule has 0 saturated carbocycles. The molecule has 1 fully saturated rings. The minimum Gasteiger partial charge on any atom is -0.372 e. The first-order valence-corrected chi connectivity index (χ1v) is 5.86. The van der Waals surface area contributed by atoms with E-state index in [1.165, 1.54) is 6.08 Å². The molecule has 0 aromatic heterocycles. The molecule has 0 bridgehead atoms. The topological polar surface area (TPSA) is 58.6 Å². The van der Waals surface area contributed by atoms with Crippen molar-refractivity contribution >= 4 is 11.8 Å². The van der Waals surface area contributed by atoms with Crippen LogP contribution < -0.4 is 5.32 Å². The van der Waals surface area contributed by atoms with Crippen LogP contribution in [0.25, 0.3) is 0 Å². The van der Waals surface area contributed by atoms with Gasteiger partial charge >= 0.3 is 0 Å². The smallest absolute Gasteiger partial charge is 0.243 e. The lowest BCUT2D eigenvalue weighted by molar-refractivity contribution is -0.143. The van der Waals surface area contributed by atoms with E-state index in [2.05, 4.69) is 11.9 Å². The lowest BCUT2D eigenvalue weighted by Gasteiger charge is -2.35. The summed E-state index contributed by atoms with van der Waals surface area (Å²) in [5.41, 5.74) is 0. The maximum Gasteiger partial charge on any atom is 0.243 e. The van der Waals surface area contributed by atoms with Gasteiger partial charge in [0, 0.05) is 26.1 Å². The molecule has 0 radical (unpaired) electrons. The summed E-state index contributed by atoms with van der Waals surface area (Å²) in [5.74, 6) is -0.196. The SMILES string of the molecule is C=CC(=O)NCCC(=O)N1CC(C)OC(C)C1. The van der Waals surface area contributed by atoms with Crippen molar-refractivity contribution in [2.45, 2.75) is 32.5 Å². The molecule has 5 nitrogen and oxygen atoms in total. The first kappa shape index (κ1) is 13.7. The Bertz CT molecular complexity index is 294. The van der Waals surface area contributed by atoms with Gasteiger partial charge in [-0.15, -0.1) is 0 Å². The van der Waals surface area contributed by atoms with E-state index >= 15 is 0 Å². The van der Waals surface area contributed by atoms with E-state index in [1.807, 2.05) is 13.8 Å². The van der Waals surface area contributed by atoms with Crippen LogP contribution in [0.1, 0.15) is 20.3 Å². The molecule has 0 aromatic carbocycles. The third-order valence-corrected chi connectivity index (χ3v) is 2.60. The normalized spacial score (nSPS) is 24.2. The zero-order valence-corrected chi connectivity index (χ0v) is 10.4. The predicted octanol–water partition coefficient (Wildman–Crippen LogP) is 0.314. The molecule has 1 aliphatic rings. The number of nitrogens with zero attached hydrogens (tertiary/aromatic N) is 1. The Morgan fingerprint density at radius 2 is 2.00 bits per heavy atom. The number of rotatable bonds is 4. The minimum atomic E-state index is -0.249. The fourth-order valence-electron chi connectivity index (χ4n) is 1.90. The Labute approximate surface area is 102 Å². The van der Waals surface area contributed by atoms with Crippen LogP contribution in [-0.4, -0.2) is 48.6 Å². The number of amides is 2. The van der Waals surface area contributed by atoms with Crippen molar-refractivity contribution in [2.75, 3.05) is 19.6 Å². The van der Waals surface area contributed by atoms with Crippen LogP contribution in [0.4, 0.5) is 0 Å². The first-order chi connectivity index (χ1) is 8.02. The molecule has 0 aliphatic carbocycles. The molecule has 96 valence electrons. The van der Waals surface area contributed by atoms with Crippen molar-refractivity contribution in [3.05, 3.63) is 12.7 Å². The quantitative estimate of drug-likeness (QED) is 0.720. The maximum atomic E-state index is 11.9. The van der Waals surface area contributed by atoms with Gasteiger partial charge in [-0.25, -0.2) is 0 Å². The fraction of sp³-hybridized carbons (Fsp3) is 0.667. The second kappa shape index (κ2) is 6.39. The van der Waals surface area contributed by atoms with Gasteiger partial charge in [-0.3, -0.25) is 9.59 Å². The van der Waals surface area contributed by atoms with Crippen molar-refractivity contribution in [2.24, 2.45) is 0 Å². The number of ether oxygens (including phenoxy) is 1. The Kier molecular flexibility index (Phi) is 5.15. The molecular formula is C12H20N2O3. The van der Waals surface area contributed by atoms with Gasteiger partial charge in [-0.1, -0.05) is 6.58 Å². The highest BCUT2D eigenvalue weighted by Gasteiger charge is 2.25. The lowest BCUT2D eigenvalue weighted by atomic mass is 10.2. The summed E-state index contributed by atoms with van der Waals surface area (Å²) in [6, 6.07) is 0. The van der Waals surface area contributed by atoms with E-state index in [1.54, 1.807) is 4.90 Å². The van der Waals surface area contributed by atoms with Crippen LogP contribution in [-0.2, 0) is 14.3 Å². The predicted molar refractivity (Wildman–Crippen MR) is 64.4 cm³/mol. The fourth-order valence-corrected chi connectivity index (χ4v) is 1.90. The van der Waals surface area contributed by atoms with Gasteiger partial charge in [0.1, 0.15) is 0 Å². The van der Waals surface area contributed by atoms with Crippen molar-refractivity contribution in [1.29, 1.82) is 0 Å². The molecule has 2 amide bonds. The summed E-state index contributed by atoms with van der Waals surface area (Å²) >= 11 is 0. The molecule has 0 aromatic rings. The van der Waals surface area contributed by atoms with Crippen LogP contribution in [0.2, 0.25) is 0 Å². The van der Waals surface area contributed by atoms with Gasteiger partial charge in [0.05, 0.1) is 12.2 Å². The van der Waals surface area contributed by atoms with Crippen LogP contribution in [0.5, 0.6) is 0 Å². The second-order valence-electron chi connectivity index (χ2n) is 4.30. The maximum absolute atomic E-state index is 11.9. The Morgan fingerprint density at radius 3 is 2.53 bits per heavy atom. The summed E-state index contributed by atoms with van der Waals surface area (Å²) < 4.78 is 5.55.